The molecule has 30 heavy (non-hydrogen) atoms. The first-order valence-electron chi connectivity index (χ1n) is 9.43. The third-order valence-electron chi connectivity index (χ3n) is 4.90. The van der Waals surface area contributed by atoms with Gasteiger partial charge >= 0.3 is 0 Å². The average molecular weight is 440 g/mol. The number of thiazole rings is 2. The number of rotatable bonds is 5. The Hall–Kier alpha value is -3.18. The molecule has 1 saturated heterocycles. The van der Waals surface area contributed by atoms with E-state index < -0.39 is 6.04 Å². The lowest BCUT2D eigenvalue weighted by Gasteiger charge is -2.23. The predicted octanol–water partition coefficient (Wildman–Crippen LogP) is 2.71. The largest absolute Gasteiger partial charge is 0.330 e. The topological polar surface area (TPSA) is 117 Å². The Morgan fingerprint density at radius 2 is 2.17 bits per heavy atom. The molecule has 0 spiro atoms. The number of amides is 2. The highest BCUT2D eigenvalue weighted by Crippen LogP contribution is 2.27. The number of aromatic nitrogens is 5. The van der Waals surface area contributed by atoms with Gasteiger partial charge in [0.05, 0.1) is 22.3 Å². The van der Waals surface area contributed by atoms with Crippen LogP contribution in [0.4, 0.5) is 5.13 Å². The summed E-state index contributed by atoms with van der Waals surface area (Å²) in [5, 5.41) is 12.5. The summed E-state index contributed by atoms with van der Waals surface area (Å²) in [7, 11) is 0. The molecule has 2 N–H and O–H groups in total. The van der Waals surface area contributed by atoms with E-state index in [2.05, 4.69) is 30.5 Å². The van der Waals surface area contributed by atoms with Crippen molar-refractivity contribution >= 4 is 49.8 Å². The monoisotopic (exact) mass is 439 g/mol. The number of carbonyl (C=O) groups excluding carboxylic acids is 2. The van der Waals surface area contributed by atoms with Crippen molar-refractivity contribution in [3.63, 3.8) is 0 Å². The zero-order valence-electron chi connectivity index (χ0n) is 15.7. The number of nitrogens with zero attached hydrogens (tertiary/aromatic N) is 5. The van der Waals surface area contributed by atoms with Crippen molar-refractivity contribution in [1.82, 2.24) is 30.0 Å². The van der Waals surface area contributed by atoms with Crippen molar-refractivity contribution in [3.05, 3.63) is 41.7 Å². The number of fused-ring (bicyclic) bond motifs is 1. The molecule has 4 heterocycles. The van der Waals surface area contributed by atoms with Gasteiger partial charge in [0.1, 0.15) is 12.4 Å². The first-order chi connectivity index (χ1) is 14.7. The Morgan fingerprint density at radius 1 is 1.27 bits per heavy atom. The SMILES string of the molecule is O=C(Nc1nc2ccccc2s1)C1CCCN1C(=O)Cc1csc(-c2ncn[nH]2)n1. The number of nitrogens with one attached hydrogen (secondary N) is 2. The van der Waals surface area contributed by atoms with Crippen molar-refractivity contribution in [2.24, 2.45) is 0 Å². The van der Waals surface area contributed by atoms with E-state index in [-0.39, 0.29) is 18.2 Å². The fourth-order valence-electron chi connectivity index (χ4n) is 3.51. The maximum atomic E-state index is 12.9. The lowest BCUT2D eigenvalue weighted by atomic mass is 10.2. The van der Waals surface area contributed by atoms with E-state index in [1.807, 2.05) is 29.6 Å². The number of carbonyl (C=O) groups is 2. The minimum absolute atomic E-state index is 0.105. The molecule has 1 aliphatic rings. The smallest absolute Gasteiger partial charge is 0.248 e. The molecule has 2 amide bonds. The normalized spacial score (nSPS) is 16.3. The van der Waals surface area contributed by atoms with Crippen molar-refractivity contribution in [1.29, 1.82) is 0 Å². The first kappa shape index (κ1) is 18.8. The summed E-state index contributed by atoms with van der Waals surface area (Å²) in [6.07, 6.45) is 3.00. The van der Waals surface area contributed by atoms with Gasteiger partial charge in [0.25, 0.3) is 0 Å². The molecule has 0 radical (unpaired) electrons. The highest BCUT2D eigenvalue weighted by molar-refractivity contribution is 7.22. The molecule has 1 fully saturated rings. The quantitative estimate of drug-likeness (QED) is 0.494. The van der Waals surface area contributed by atoms with Crippen LogP contribution in [0.1, 0.15) is 18.5 Å². The molecule has 1 aromatic carbocycles. The summed E-state index contributed by atoms with van der Waals surface area (Å²) < 4.78 is 1.01. The lowest BCUT2D eigenvalue weighted by Crippen LogP contribution is -2.43. The van der Waals surface area contributed by atoms with E-state index in [1.165, 1.54) is 29.0 Å². The summed E-state index contributed by atoms with van der Waals surface area (Å²) in [5.74, 6) is 0.278. The van der Waals surface area contributed by atoms with Gasteiger partial charge in [0.2, 0.25) is 11.8 Å². The third-order valence-corrected chi connectivity index (χ3v) is 6.75. The second-order valence-corrected chi connectivity index (χ2v) is 8.76. The summed E-state index contributed by atoms with van der Waals surface area (Å²) in [4.78, 5) is 40.4. The van der Waals surface area contributed by atoms with Crippen LogP contribution in [0.3, 0.4) is 0 Å². The van der Waals surface area contributed by atoms with Crippen molar-refractivity contribution in [2.75, 3.05) is 11.9 Å². The van der Waals surface area contributed by atoms with Crippen LogP contribution in [0, 0.1) is 0 Å². The van der Waals surface area contributed by atoms with E-state index in [4.69, 9.17) is 0 Å². The van der Waals surface area contributed by atoms with Gasteiger partial charge in [-0.2, -0.15) is 5.10 Å². The Morgan fingerprint density at radius 3 is 3.00 bits per heavy atom. The van der Waals surface area contributed by atoms with Crippen molar-refractivity contribution < 1.29 is 9.59 Å². The van der Waals surface area contributed by atoms with Crippen LogP contribution in [0.15, 0.2) is 36.0 Å². The van der Waals surface area contributed by atoms with Gasteiger partial charge in [-0.3, -0.25) is 14.7 Å². The summed E-state index contributed by atoms with van der Waals surface area (Å²) in [6.45, 7) is 0.565. The highest BCUT2D eigenvalue weighted by atomic mass is 32.1. The maximum absolute atomic E-state index is 12.9. The van der Waals surface area contributed by atoms with Crippen LogP contribution in [-0.2, 0) is 16.0 Å². The van der Waals surface area contributed by atoms with E-state index in [0.29, 0.717) is 34.6 Å². The van der Waals surface area contributed by atoms with Gasteiger partial charge in [-0.15, -0.1) is 11.3 Å². The van der Waals surface area contributed by atoms with Gasteiger partial charge in [0.15, 0.2) is 16.0 Å². The fourth-order valence-corrected chi connectivity index (χ4v) is 5.15. The number of H-pyrrole nitrogens is 1. The molecular formula is C19H17N7O2S2. The molecular weight excluding hydrogens is 422 g/mol. The maximum Gasteiger partial charge on any atom is 0.248 e. The molecule has 9 nitrogen and oxygen atoms in total. The Bertz CT molecular complexity index is 1170. The second-order valence-electron chi connectivity index (χ2n) is 6.88. The van der Waals surface area contributed by atoms with Crippen LogP contribution in [0.2, 0.25) is 0 Å². The Balaban J connectivity index is 1.26. The molecule has 1 atom stereocenters. The van der Waals surface area contributed by atoms with Crippen LogP contribution in [0.5, 0.6) is 0 Å². The number of anilines is 1. The zero-order chi connectivity index (χ0) is 20.5. The second kappa shape index (κ2) is 7.92. The standard InChI is InChI=1S/C19H17N7O2S2/c27-15(8-11-9-29-18(22-11)16-20-10-21-25-16)26-7-3-5-13(26)17(28)24-19-23-12-4-1-2-6-14(12)30-19/h1-2,4,6,9-10,13H,3,5,7-8H2,(H,20,21,25)(H,23,24,28). The summed E-state index contributed by atoms with van der Waals surface area (Å²) >= 11 is 2.83. The number of likely N-dealkylation sites (tertiary alicyclic amines) is 1. The van der Waals surface area contributed by atoms with Crippen LogP contribution in [-0.4, -0.2) is 54.5 Å². The lowest BCUT2D eigenvalue weighted by molar-refractivity contribution is -0.136. The average Bonchev–Trinajstić information content (AvgIpc) is 3.53. The predicted molar refractivity (Wildman–Crippen MR) is 114 cm³/mol. The number of hydrogen-bond acceptors (Lipinski definition) is 8. The number of hydrogen-bond donors (Lipinski definition) is 2. The zero-order valence-corrected chi connectivity index (χ0v) is 17.4. The Labute approximate surface area is 179 Å². The van der Waals surface area contributed by atoms with Gasteiger partial charge in [-0.05, 0) is 25.0 Å². The molecule has 3 aromatic heterocycles. The highest BCUT2D eigenvalue weighted by Gasteiger charge is 2.34. The van der Waals surface area contributed by atoms with Crippen LogP contribution in [0.25, 0.3) is 21.0 Å². The van der Waals surface area contributed by atoms with Crippen molar-refractivity contribution in [3.8, 4) is 10.8 Å². The molecule has 4 aromatic rings. The van der Waals surface area contributed by atoms with Gasteiger partial charge < -0.3 is 10.2 Å². The number of benzene rings is 1. The molecule has 0 aliphatic carbocycles. The first-order valence-corrected chi connectivity index (χ1v) is 11.1. The minimum atomic E-state index is -0.489. The van der Waals surface area contributed by atoms with E-state index in [0.717, 1.165) is 16.6 Å². The summed E-state index contributed by atoms with van der Waals surface area (Å²) in [5.41, 5.74) is 1.51. The van der Waals surface area contributed by atoms with Crippen molar-refractivity contribution in [2.45, 2.75) is 25.3 Å². The molecule has 152 valence electrons. The molecule has 1 unspecified atom stereocenters. The van der Waals surface area contributed by atoms with E-state index in [9.17, 15) is 9.59 Å². The number of para-hydroxylation sites is 1. The van der Waals surface area contributed by atoms with E-state index in [1.54, 1.807) is 4.90 Å². The van der Waals surface area contributed by atoms with Gasteiger partial charge in [0, 0.05) is 11.9 Å². The number of aromatic amines is 1. The third kappa shape index (κ3) is 3.68. The fraction of sp³-hybridized carbons (Fsp3) is 0.263. The van der Waals surface area contributed by atoms with Crippen LogP contribution >= 0.6 is 22.7 Å². The minimum Gasteiger partial charge on any atom is -0.330 e. The summed E-state index contributed by atoms with van der Waals surface area (Å²) in [6, 6.07) is 7.24. The molecule has 0 saturated carbocycles. The molecule has 11 heteroatoms. The van der Waals surface area contributed by atoms with Crippen LogP contribution < -0.4 is 5.32 Å². The molecule has 1 aliphatic heterocycles. The van der Waals surface area contributed by atoms with E-state index >= 15 is 0 Å². The molecule has 0 bridgehead atoms. The molecule has 5 rings (SSSR count). The Kier molecular flexibility index (Phi) is 4.97. The van der Waals surface area contributed by atoms with Gasteiger partial charge in [-0.25, -0.2) is 15.0 Å². The van der Waals surface area contributed by atoms with Gasteiger partial charge in [-0.1, -0.05) is 23.5 Å².